The maximum absolute atomic E-state index is 8.52. The summed E-state index contributed by atoms with van der Waals surface area (Å²) in [6, 6.07) is 2.25. The molecule has 1 atom stereocenters. The third kappa shape index (κ3) is 2.83. The van der Waals surface area contributed by atoms with Gasteiger partial charge in [0.2, 0.25) is 0 Å². The van der Waals surface area contributed by atoms with Crippen molar-refractivity contribution in [2.75, 3.05) is 19.6 Å². The molecule has 2 nitrogen and oxygen atoms in total. The van der Waals surface area contributed by atoms with Gasteiger partial charge >= 0.3 is 0 Å². The first-order chi connectivity index (χ1) is 5.72. The summed E-state index contributed by atoms with van der Waals surface area (Å²) in [7, 11) is 0. The first kappa shape index (κ1) is 9.54. The van der Waals surface area contributed by atoms with Gasteiger partial charge in [-0.05, 0) is 24.8 Å². The summed E-state index contributed by atoms with van der Waals surface area (Å²) >= 11 is 0. The Hall–Kier alpha value is -0.550. The van der Waals surface area contributed by atoms with Crippen molar-refractivity contribution in [3.05, 3.63) is 5.92 Å². The Balaban J connectivity index is 2.22. The Bertz CT molecular complexity index is 169. The van der Waals surface area contributed by atoms with E-state index < -0.39 is 0 Å². The van der Waals surface area contributed by atoms with Crippen LogP contribution in [0.4, 0.5) is 0 Å². The normalized spacial score (nSPS) is 24.7. The monoisotopic (exact) mass is 165 g/mol. The number of likely N-dealkylation sites (tertiary alicyclic amines) is 1. The minimum absolute atomic E-state index is 0.634. The van der Waals surface area contributed by atoms with Crippen molar-refractivity contribution in [1.29, 1.82) is 5.26 Å². The predicted octanol–water partition coefficient (Wildman–Crippen LogP) is 1.84. The van der Waals surface area contributed by atoms with Crippen LogP contribution in [0.2, 0.25) is 0 Å². The second kappa shape index (κ2) is 4.47. The standard InChI is InChI=1S/C10H17N2/c1-9(2)7-12-6-4-10(8-12)3-5-11/h10H,3-4,6-8H2,1-2H3. The average molecular weight is 165 g/mol. The van der Waals surface area contributed by atoms with Crippen LogP contribution < -0.4 is 0 Å². The molecule has 0 amide bonds. The van der Waals surface area contributed by atoms with Crippen LogP contribution in [0, 0.1) is 23.2 Å². The summed E-state index contributed by atoms with van der Waals surface area (Å²) in [5.41, 5.74) is 0. The van der Waals surface area contributed by atoms with E-state index in [0.717, 1.165) is 19.5 Å². The van der Waals surface area contributed by atoms with Gasteiger partial charge < -0.3 is 4.90 Å². The molecule has 0 aromatic heterocycles. The van der Waals surface area contributed by atoms with Crippen molar-refractivity contribution in [3.8, 4) is 6.07 Å². The van der Waals surface area contributed by atoms with E-state index in [1.165, 1.54) is 18.9 Å². The Morgan fingerprint density at radius 2 is 2.33 bits per heavy atom. The highest BCUT2D eigenvalue weighted by Crippen LogP contribution is 2.19. The van der Waals surface area contributed by atoms with Crippen LogP contribution in [0.3, 0.4) is 0 Å². The van der Waals surface area contributed by atoms with Gasteiger partial charge in [0.05, 0.1) is 6.07 Å². The van der Waals surface area contributed by atoms with Gasteiger partial charge in [0.25, 0.3) is 0 Å². The summed E-state index contributed by atoms with van der Waals surface area (Å²) < 4.78 is 0. The van der Waals surface area contributed by atoms with Gasteiger partial charge in [0.15, 0.2) is 0 Å². The molecule has 1 unspecified atom stereocenters. The molecule has 0 N–H and O–H groups in total. The van der Waals surface area contributed by atoms with Gasteiger partial charge in [0, 0.05) is 19.5 Å². The van der Waals surface area contributed by atoms with E-state index in [1.807, 2.05) is 0 Å². The van der Waals surface area contributed by atoms with Crippen LogP contribution in [0.25, 0.3) is 0 Å². The zero-order chi connectivity index (χ0) is 8.97. The summed E-state index contributed by atoms with van der Waals surface area (Å²) in [6.45, 7) is 7.74. The number of hydrogen-bond acceptors (Lipinski definition) is 2. The van der Waals surface area contributed by atoms with Gasteiger partial charge in [-0.15, -0.1) is 0 Å². The van der Waals surface area contributed by atoms with Gasteiger partial charge in [-0.3, -0.25) is 0 Å². The van der Waals surface area contributed by atoms with Crippen LogP contribution >= 0.6 is 0 Å². The minimum atomic E-state index is 0.634. The lowest BCUT2D eigenvalue weighted by Crippen LogP contribution is -2.24. The third-order valence-corrected chi connectivity index (χ3v) is 2.29. The predicted molar refractivity (Wildman–Crippen MR) is 49.4 cm³/mol. The summed E-state index contributed by atoms with van der Waals surface area (Å²) in [6.07, 6.45) is 1.94. The van der Waals surface area contributed by atoms with E-state index in [9.17, 15) is 0 Å². The van der Waals surface area contributed by atoms with Crippen molar-refractivity contribution >= 4 is 0 Å². The zero-order valence-electron chi connectivity index (χ0n) is 8.01. The molecule has 0 saturated carbocycles. The molecule has 67 valence electrons. The number of rotatable bonds is 3. The maximum Gasteiger partial charge on any atom is 0.0625 e. The van der Waals surface area contributed by atoms with Gasteiger partial charge in [0.1, 0.15) is 0 Å². The number of nitrogens with zero attached hydrogens (tertiary/aromatic N) is 2. The Labute approximate surface area is 75.2 Å². The molecule has 0 bridgehead atoms. The zero-order valence-corrected chi connectivity index (χ0v) is 8.01. The smallest absolute Gasteiger partial charge is 0.0625 e. The van der Waals surface area contributed by atoms with Gasteiger partial charge in [-0.2, -0.15) is 5.26 Å². The Morgan fingerprint density at radius 1 is 1.58 bits per heavy atom. The summed E-state index contributed by atoms with van der Waals surface area (Å²) in [4.78, 5) is 2.44. The molecule has 0 aromatic rings. The van der Waals surface area contributed by atoms with Crippen LogP contribution in [0.1, 0.15) is 26.7 Å². The molecule has 0 spiro atoms. The lowest BCUT2D eigenvalue weighted by atomic mass is 10.1. The van der Waals surface area contributed by atoms with E-state index >= 15 is 0 Å². The fourth-order valence-corrected chi connectivity index (χ4v) is 1.80. The quantitative estimate of drug-likeness (QED) is 0.638. The molecular formula is C10H17N2. The molecule has 1 radical (unpaired) electrons. The van der Waals surface area contributed by atoms with E-state index in [1.54, 1.807) is 0 Å². The van der Waals surface area contributed by atoms with Crippen LogP contribution in [-0.2, 0) is 0 Å². The van der Waals surface area contributed by atoms with Crippen LogP contribution in [-0.4, -0.2) is 24.5 Å². The fraction of sp³-hybridized carbons (Fsp3) is 0.800. The lowest BCUT2D eigenvalue weighted by molar-refractivity contribution is 0.337. The lowest BCUT2D eigenvalue weighted by Gasteiger charge is -2.17. The van der Waals surface area contributed by atoms with Crippen molar-refractivity contribution < 1.29 is 0 Å². The number of hydrogen-bond donors (Lipinski definition) is 0. The highest BCUT2D eigenvalue weighted by atomic mass is 15.1. The molecule has 12 heavy (non-hydrogen) atoms. The largest absolute Gasteiger partial charge is 0.302 e. The molecule has 1 fully saturated rings. The topological polar surface area (TPSA) is 27.0 Å². The molecule has 1 aliphatic heterocycles. The molecule has 1 rings (SSSR count). The van der Waals surface area contributed by atoms with E-state index in [4.69, 9.17) is 5.26 Å². The molecule has 1 saturated heterocycles. The van der Waals surface area contributed by atoms with E-state index in [0.29, 0.717) is 5.92 Å². The SMILES string of the molecule is C[C](C)CN1CCC(CC#N)C1. The second-order valence-electron chi connectivity index (χ2n) is 3.96. The molecule has 0 aliphatic carbocycles. The fourth-order valence-electron chi connectivity index (χ4n) is 1.80. The summed E-state index contributed by atoms with van der Waals surface area (Å²) in [5, 5.41) is 8.52. The highest BCUT2D eigenvalue weighted by molar-refractivity contribution is 4.88. The Kier molecular flexibility index (Phi) is 3.55. The van der Waals surface area contributed by atoms with E-state index in [2.05, 4.69) is 24.8 Å². The molecular weight excluding hydrogens is 148 g/mol. The van der Waals surface area contributed by atoms with Crippen LogP contribution in [0.15, 0.2) is 0 Å². The van der Waals surface area contributed by atoms with Crippen molar-refractivity contribution in [2.45, 2.75) is 26.7 Å². The maximum atomic E-state index is 8.52. The minimum Gasteiger partial charge on any atom is -0.302 e. The third-order valence-electron chi connectivity index (χ3n) is 2.29. The Morgan fingerprint density at radius 3 is 2.92 bits per heavy atom. The van der Waals surface area contributed by atoms with E-state index in [-0.39, 0.29) is 0 Å². The van der Waals surface area contributed by atoms with Crippen molar-refractivity contribution in [1.82, 2.24) is 4.90 Å². The first-order valence-corrected chi connectivity index (χ1v) is 4.60. The first-order valence-electron chi connectivity index (χ1n) is 4.60. The average Bonchev–Trinajstić information content (AvgIpc) is 2.36. The number of nitriles is 1. The highest BCUT2D eigenvalue weighted by Gasteiger charge is 2.22. The molecule has 1 heterocycles. The van der Waals surface area contributed by atoms with Crippen LogP contribution in [0.5, 0.6) is 0 Å². The molecule has 2 heteroatoms. The van der Waals surface area contributed by atoms with Gasteiger partial charge in [-0.25, -0.2) is 0 Å². The van der Waals surface area contributed by atoms with Gasteiger partial charge in [-0.1, -0.05) is 13.8 Å². The summed E-state index contributed by atoms with van der Waals surface area (Å²) in [5.74, 6) is 2.10. The van der Waals surface area contributed by atoms with Crippen molar-refractivity contribution in [3.63, 3.8) is 0 Å². The molecule has 0 aromatic carbocycles. The van der Waals surface area contributed by atoms with Crippen molar-refractivity contribution in [2.24, 2.45) is 5.92 Å². The second-order valence-corrected chi connectivity index (χ2v) is 3.96. The molecule has 1 aliphatic rings.